The Hall–Kier alpha value is -1.67. The van der Waals surface area contributed by atoms with E-state index < -0.39 is 10.0 Å². The fraction of sp³-hybridized carbons (Fsp3) is 0.538. The molecule has 116 valence electrons. The molecule has 0 aliphatic carbocycles. The first-order chi connectivity index (χ1) is 9.74. The van der Waals surface area contributed by atoms with Crippen molar-refractivity contribution in [2.45, 2.75) is 45.2 Å². The second kappa shape index (κ2) is 5.61. The Bertz CT molecular complexity index is 745. The Morgan fingerprint density at radius 2 is 1.90 bits per heavy atom. The molecular weight excluding hydrogens is 290 g/mol. The van der Waals surface area contributed by atoms with Crippen molar-refractivity contribution < 1.29 is 8.42 Å². The summed E-state index contributed by atoms with van der Waals surface area (Å²) >= 11 is 0. The van der Waals surface area contributed by atoms with Crippen molar-refractivity contribution in [3.8, 4) is 0 Å². The molecule has 0 amide bonds. The van der Waals surface area contributed by atoms with Crippen molar-refractivity contribution in [3.63, 3.8) is 0 Å². The molecule has 2 rings (SSSR count). The van der Waals surface area contributed by atoms with Crippen molar-refractivity contribution in [1.29, 1.82) is 0 Å². The van der Waals surface area contributed by atoms with Crippen LogP contribution >= 0.6 is 0 Å². The van der Waals surface area contributed by atoms with Crippen LogP contribution in [0.4, 0.5) is 0 Å². The molecule has 0 fully saturated rings. The maximum Gasteiger partial charge on any atom is 0.244 e. The molecule has 0 saturated heterocycles. The third-order valence-corrected chi connectivity index (χ3v) is 5.01. The maximum absolute atomic E-state index is 12.5. The molecule has 2 aromatic heterocycles. The molecule has 0 aliphatic heterocycles. The summed E-state index contributed by atoms with van der Waals surface area (Å²) in [5, 5.41) is 8.41. The lowest BCUT2D eigenvalue weighted by Crippen LogP contribution is -2.27. The van der Waals surface area contributed by atoms with Crippen LogP contribution < -0.4 is 4.72 Å². The van der Waals surface area contributed by atoms with Gasteiger partial charge in [-0.05, 0) is 27.7 Å². The van der Waals surface area contributed by atoms with E-state index in [0.29, 0.717) is 12.2 Å². The van der Waals surface area contributed by atoms with Gasteiger partial charge in [-0.3, -0.25) is 9.36 Å². The number of sulfonamides is 1. The van der Waals surface area contributed by atoms with Crippen LogP contribution in [0.2, 0.25) is 0 Å². The lowest BCUT2D eigenvalue weighted by molar-refractivity contribution is 0.565. The Kier molecular flexibility index (Phi) is 4.20. The molecule has 21 heavy (non-hydrogen) atoms. The van der Waals surface area contributed by atoms with Gasteiger partial charge in [0, 0.05) is 37.6 Å². The molecule has 7 nitrogen and oxygen atoms in total. The molecule has 0 radical (unpaired) electrons. The standard InChI is InChI=1S/C13H21N5O2S/c1-6-18-8-13(11(4)15-18)21(19,20)16-10(3)12-7-17(5)14-9(12)2/h7-8,10,16H,6H2,1-5H3. The van der Waals surface area contributed by atoms with E-state index in [1.807, 2.05) is 27.1 Å². The highest BCUT2D eigenvalue weighted by Gasteiger charge is 2.24. The average Bonchev–Trinajstić information content (AvgIpc) is 2.91. The minimum absolute atomic E-state index is 0.220. The van der Waals surface area contributed by atoms with Gasteiger partial charge < -0.3 is 0 Å². The molecule has 0 saturated carbocycles. The van der Waals surface area contributed by atoms with Crippen molar-refractivity contribution in [1.82, 2.24) is 24.3 Å². The van der Waals surface area contributed by atoms with E-state index in [2.05, 4.69) is 14.9 Å². The van der Waals surface area contributed by atoms with Gasteiger partial charge in [-0.25, -0.2) is 13.1 Å². The number of nitrogens with zero attached hydrogens (tertiary/aromatic N) is 4. The van der Waals surface area contributed by atoms with Gasteiger partial charge in [0.05, 0.1) is 11.4 Å². The minimum Gasteiger partial charge on any atom is -0.275 e. The SMILES string of the molecule is CCn1cc(S(=O)(=O)NC(C)c2cn(C)nc2C)c(C)n1. The molecule has 1 unspecified atom stereocenters. The highest BCUT2D eigenvalue weighted by molar-refractivity contribution is 7.89. The third-order valence-electron chi connectivity index (χ3n) is 3.36. The van der Waals surface area contributed by atoms with Crippen LogP contribution in [-0.2, 0) is 23.6 Å². The van der Waals surface area contributed by atoms with Crippen molar-refractivity contribution in [2.24, 2.45) is 7.05 Å². The van der Waals surface area contributed by atoms with E-state index in [1.54, 1.807) is 29.4 Å². The first-order valence-electron chi connectivity index (χ1n) is 6.81. The molecule has 0 aromatic carbocycles. The molecule has 2 aromatic rings. The summed E-state index contributed by atoms with van der Waals surface area (Å²) in [5.41, 5.74) is 2.18. The largest absolute Gasteiger partial charge is 0.275 e. The summed E-state index contributed by atoms with van der Waals surface area (Å²) in [4.78, 5) is 0.220. The topological polar surface area (TPSA) is 81.8 Å². The molecule has 8 heteroatoms. The van der Waals surface area contributed by atoms with Gasteiger partial charge >= 0.3 is 0 Å². The zero-order valence-corrected chi connectivity index (χ0v) is 13.8. The van der Waals surface area contributed by atoms with Crippen LogP contribution in [-0.4, -0.2) is 28.0 Å². The van der Waals surface area contributed by atoms with E-state index in [-0.39, 0.29) is 10.9 Å². The lowest BCUT2D eigenvalue weighted by Gasteiger charge is -2.13. The molecule has 1 atom stereocenters. The van der Waals surface area contributed by atoms with Gasteiger partial charge in [0.1, 0.15) is 4.90 Å². The van der Waals surface area contributed by atoms with Gasteiger partial charge in [0.2, 0.25) is 10.0 Å². The number of nitrogens with one attached hydrogen (secondary N) is 1. The van der Waals surface area contributed by atoms with Gasteiger partial charge in [-0.15, -0.1) is 0 Å². The monoisotopic (exact) mass is 311 g/mol. The smallest absolute Gasteiger partial charge is 0.244 e. The highest BCUT2D eigenvalue weighted by atomic mass is 32.2. The van der Waals surface area contributed by atoms with Crippen molar-refractivity contribution in [3.05, 3.63) is 29.3 Å². The van der Waals surface area contributed by atoms with Gasteiger partial charge in [-0.1, -0.05) is 0 Å². The van der Waals surface area contributed by atoms with Gasteiger partial charge in [-0.2, -0.15) is 10.2 Å². The Morgan fingerprint density at radius 3 is 2.38 bits per heavy atom. The molecule has 0 aliphatic rings. The zero-order valence-electron chi connectivity index (χ0n) is 13.0. The van der Waals surface area contributed by atoms with Crippen LogP contribution in [0, 0.1) is 13.8 Å². The predicted octanol–water partition coefficient (Wildman–Crippen LogP) is 1.29. The molecule has 0 spiro atoms. The number of hydrogen-bond acceptors (Lipinski definition) is 4. The van der Waals surface area contributed by atoms with Crippen LogP contribution in [0.25, 0.3) is 0 Å². The summed E-state index contributed by atoms with van der Waals surface area (Å²) in [6.45, 7) is 7.91. The van der Waals surface area contributed by atoms with Crippen LogP contribution in [0.15, 0.2) is 17.3 Å². The quantitative estimate of drug-likeness (QED) is 0.902. The van der Waals surface area contributed by atoms with Crippen molar-refractivity contribution >= 4 is 10.0 Å². The second-order valence-corrected chi connectivity index (χ2v) is 6.80. The summed E-state index contributed by atoms with van der Waals surface area (Å²) < 4.78 is 31.0. The van der Waals surface area contributed by atoms with E-state index in [1.165, 1.54) is 0 Å². The molecule has 2 heterocycles. The minimum atomic E-state index is -3.61. The van der Waals surface area contributed by atoms with Crippen LogP contribution in [0.3, 0.4) is 0 Å². The number of aromatic nitrogens is 4. The summed E-state index contributed by atoms with van der Waals surface area (Å²) in [5.74, 6) is 0. The molecule has 1 N–H and O–H groups in total. The normalized spacial score (nSPS) is 13.6. The first-order valence-corrected chi connectivity index (χ1v) is 8.29. The maximum atomic E-state index is 12.5. The van der Waals surface area contributed by atoms with Crippen LogP contribution in [0.5, 0.6) is 0 Å². The zero-order chi connectivity index (χ0) is 15.8. The number of aryl methyl sites for hydroxylation is 4. The summed E-state index contributed by atoms with van der Waals surface area (Å²) in [7, 11) is -1.79. The number of rotatable bonds is 5. The average molecular weight is 311 g/mol. The second-order valence-electron chi connectivity index (χ2n) is 5.12. The Morgan fingerprint density at radius 1 is 1.24 bits per heavy atom. The summed E-state index contributed by atoms with van der Waals surface area (Å²) in [6, 6.07) is -0.354. The Labute approximate surface area is 125 Å². The molecular formula is C13H21N5O2S. The predicted molar refractivity (Wildman–Crippen MR) is 79.3 cm³/mol. The van der Waals surface area contributed by atoms with Gasteiger partial charge in [0.15, 0.2) is 0 Å². The summed E-state index contributed by atoms with van der Waals surface area (Å²) in [6.07, 6.45) is 3.38. The van der Waals surface area contributed by atoms with Crippen molar-refractivity contribution in [2.75, 3.05) is 0 Å². The third kappa shape index (κ3) is 3.16. The van der Waals surface area contributed by atoms with Crippen LogP contribution in [0.1, 0.15) is 36.8 Å². The fourth-order valence-corrected chi connectivity index (χ4v) is 3.74. The number of hydrogen-bond donors (Lipinski definition) is 1. The first kappa shape index (κ1) is 15.7. The molecule has 0 bridgehead atoms. The van der Waals surface area contributed by atoms with E-state index in [9.17, 15) is 8.42 Å². The highest BCUT2D eigenvalue weighted by Crippen LogP contribution is 2.20. The fourth-order valence-electron chi connectivity index (χ4n) is 2.33. The lowest BCUT2D eigenvalue weighted by atomic mass is 10.1. The Balaban J connectivity index is 2.28. The van der Waals surface area contributed by atoms with E-state index in [4.69, 9.17) is 0 Å². The van der Waals surface area contributed by atoms with E-state index >= 15 is 0 Å². The van der Waals surface area contributed by atoms with E-state index in [0.717, 1.165) is 11.3 Å². The van der Waals surface area contributed by atoms with Gasteiger partial charge in [0.25, 0.3) is 0 Å².